The summed E-state index contributed by atoms with van der Waals surface area (Å²) in [5.74, 6) is -1.17. The molecule has 4 nitrogen and oxygen atoms in total. The van der Waals surface area contributed by atoms with Gasteiger partial charge in [0.1, 0.15) is 5.69 Å². The molecular weight excluding hydrogens is 326 g/mol. The van der Waals surface area contributed by atoms with Gasteiger partial charge in [-0.3, -0.25) is 4.79 Å². The molecule has 26 heavy (non-hydrogen) atoms. The number of rotatable bonds is 4. The first-order valence-electron chi connectivity index (χ1n) is 8.19. The molecule has 0 aliphatic carbocycles. The van der Waals surface area contributed by atoms with Crippen LogP contribution in [0.15, 0.2) is 85.1 Å². The van der Waals surface area contributed by atoms with Crippen molar-refractivity contribution >= 4 is 17.3 Å². The van der Waals surface area contributed by atoms with Crippen LogP contribution in [0.3, 0.4) is 0 Å². The van der Waals surface area contributed by atoms with Crippen molar-refractivity contribution in [2.75, 3.05) is 0 Å². The predicted molar refractivity (Wildman–Crippen MR) is 99.7 cm³/mol. The normalized spacial score (nSPS) is 10.8. The number of nitrogens with zero attached hydrogens (tertiary/aromatic N) is 1. The molecule has 2 heterocycles. The average Bonchev–Trinajstić information content (AvgIpc) is 3.07. The van der Waals surface area contributed by atoms with E-state index in [4.69, 9.17) is 0 Å². The first kappa shape index (κ1) is 15.8. The summed E-state index contributed by atoms with van der Waals surface area (Å²) < 4.78 is 1.67. The zero-order valence-electron chi connectivity index (χ0n) is 13.8. The maximum Gasteiger partial charge on any atom is 0.337 e. The minimum Gasteiger partial charge on any atom is -0.478 e. The predicted octanol–water partition coefficient (Wildman–Crippen LogP) is 4.54. The Balaban J connectivity index is 2.01. The Labute approximate surface area is 150 Å². The molecule has 4 heteroatoms. The van der Waals surface area contributed by atoms with Crippen molar-refractivity contribution in [3.05, 3.63) is 102 Å². The van der Waals surface area contributed by atoms with E-state index in [1.165, 1.54) is 6.20 Å². The monoisotopic (exact) mass is 341 g/mol. The van der Waals surface area contributed by atoms with E-state index in [2.05, 4.69) is 0 Å². The summed E-state index contributed by atoms with van der Waals surface area (Å²) in [4.78, 5) is 24.6. The van der Waals surface area contributed by atoms with Gasteiger partial charge in [0.2, 0.25) is 5.78 Å². The van der Waals surface area contributed by atoms with Gasteiger partial charge in [-0.15, -0.1) is 0 Å². The maximum atomic E-state index is 13.2. The van der Waals surface area contributed by atoms with E-state index < -0.39 is 5.97 Å². The summed E-state index contributed by atoms with van der Waals surface area (Å²) in [5.41, 5.74) is 3.61. The minimum atomic E-state index is -1.03. The van der Waals surface area contributed by atoms with Crippen molar-refractivity contribution in [1.82, 2.24) is 4.40 Å². The van der Waals surface area contributed by atoms with Crippen LogP contribution in [0.25, 0.3) is 16.6 Å². The maximum absolute atomic E-state index is 13.2. The van der Waals surface area contributed by atoms with Crippen LogP contribution < -0.4 is 0 Å². The number of aromatic nitrogens is 1. The highest BCUT2D eigenvalue weighted by Gasteiger charge is 2.21. The number of hydrogen-bond donors (Lipinski definition) is 1. The van der Waals surface area contributed by atoms with Gasteiger partial charge in [-0.05, 0) is 23.8 Å². The molecule has 1 N–H and O–H groups in total. The number of aromatic carboxylic acids is 1. The van der Waals surface area contributed by atoms with E-state index >= 15 is 0 Å². The van der Waals surface area contributed by atoms with Gasteiger partial charge in [0, 0.05) is 22.8 Å². The Morgan fingerprint density at radius 1 is 0.769 bits per heavy atom. The Morgan fingerprint density at radius 3 is 2.08 bits per heavy atom. The van der Waals surface area contributed by atoms with Crippen molar-refractivity contribution in [3.8, 4) is 11.1 Å². The SMILES string of the molecule is O=C(O)c1ccc2cc(-c3ccccc3)c(C(=O)c3ccccc3)n2c1. The second-order valence-electron chi connectivity index (χ2n) is 5.99. The van der Waals surface area contributed by atoms with Gasteiger partial charge in [-0.25, -0.2) is 4.79 Å². The van der Waals surface area contributed by atoms with E-state index in [0.717, 1.165) is 16.6 Å². The number of hydrogen-bond acceptors (Lipinski definition) is 2. The number of benzene rings is 2. The van der Waals surface area contributed by atoms with Gasteiger partial charge in [0.25, 0.3) is 0 Å². The van der Waals surface area contributed by atoms with Crippen LogP contribution in [0.5, 0.6) is 0 Å². The summed E-state index contributed by atoms with van der Waals surface area (Å²) >= 11 is 0. The van der Waals surface area contributed by atoms with Crippen LogP contribution in [0, 0.1) is 0 Å². The van der Waals surface area contributed by atoms with Crippen LogP contribution in [0.2, 0.25) is 0 Å². The molecular formula is C22H15NO3. The van der Waals surface area contributed by atoms with Gasteiger partial charge in [-0.1, -0.05) is 60.7 Å². The van der Waals surface area contributed by atoms with Gasteiger partial charge >= 0.3 is 5.97 Å². The average molecular weight is 341 g/mol. The molecule has 0 atom stereocenters. The molecule has 0 fully saturated rings. The molecule has 4 aromatic rings. The van der Waals surface area contributed by atoms with Crippen molar-refractivity contribution < 1.29 is 14.7 Å². The Morgan fingerprint density at radius 2 is 1.42 bits per heavy atom. The Bertz CT molecular complexity index is 1110. The van der Waals surface area contributed by atoms with Crippen molar-refractivity contribution in [2.45, 2.75) is 0 Å². The lowest BCUT2D eigenvalue weighted by molar-refractivity contribution is 0.0696. The highest BCUT2D eigenvalue weighted by atomic mass is 16.4. The molecule has 0 amide bonds. The van der Waals surface area contributed by atoms with E-state index in [-0.39, 0.29) is 11.3 Å². The first-order valence-corrected chi connectivity index (χ1v) is 8.19. The zero-order valence-corrected chi connectivity index (χ0v) is 13.8. The number of carboxylic acids is 1. The third kappa shape index (κ3) is 2.67. The highest BCUT2D eigenvalue weighted by Crippen LogP contribution is 2.30. The lowest BCUT2D eigenvalue weighted by Gasteiger charge is -2.07. The zero-order chi connectivity index (χ0) is 18.1. The molecule has 2 aromatic heterocycles. The third-order valence-electron chi connectivity index (χ3n) is 4.35. The third-order valence-corrected chi connectivity index (χ3v) is 4.35. The molecule has 4 rings (SSSR count). The smallest absolute Gasteiger partial charge is 0.337 e. The molecule has 0 saturated carbocycles. The number of pyridine rings is 1. The van der Waals surface area contributed by atoms with Crippen LogP contribution in [0.1, 0.15) is 26.4 Å². The summed E-state index contributed by atoms with van der Waals surface area (Å²) in [5, 5.41) is 9.32. The van der Waals surface area contributed by atoms with Crippen LogP contribution >= 0.6 is 0 Å². The fraction of sp³-hybridized carbons (Fsp3) is 0. The second-order valence-corrected chi connectivity index (χ2v) is 5.99. The standard InChI is InChI=1S/C22H15NO3/c24-21(16-9-5-2-6-10-16)20-19(15-7-3-1-4-8-15)13-18-12-11-17(22(25)26)14-23(18)20/h1-14H,(H,25,26). The number of carbonyl (C=O) groups is 2. The Hall–Kier alpha value is -3.66. The summed E-state index contributed by atoms with van der Waals surface area (Å²) in [6.07, 6.45) is 1.50. The van der Waals surface area contributed by atoms with Crippen molar-refractivity contribution in [1.29, 1.82) is 0 Å². The van der Waals surface area contributed by atoms with Crippen molar-refractivity contribution in [3.63, 3.8) is 0 Å². The van der Waals surface area contributed by atoms with Crippen LogP contribution in [-0.4, -0.2) is 21.3 Å². The minimum absolute atomic E-state index is 0.134. The summed E-state index contributed by atoms with van der Waals surface area (Å²) in [6.45, 7) is 0. The van der Waals surface area contributed by atoms with E-state index in [0.29, 0.717) is 11.3 Å². The quantitative estimate of drug-likeness (QED) is 0.555. The molecule has 126 valence electrons. The van der Waals surface area contributed by atoms with E-state index in [9.17, 15) is 14.7 Å². The van der Waals surface area contributed by atoms with Gasteiger partial charge in [0.05, 0.1) is 5.56 Å². The molecule has 2 aromatic carbocycles. The summed E-state index contributed by atoms with van der Waals surface area (Å²) in [6, 6.07) is 23.8. The lowest BCUT2D eigenvalue weighted by atomic mass is 10.0. The second kappa shape index (κ2) is 6.33. The Kier molecular flexibility index (Phi) is 3.86. The molecule has 0 radical (unpaired) electrons. The van der Waals surface area contributed by atoms with Gasteiger partial charge in [-0.2, -0.15) is 0 Å². The number of carbonyl (C=O) groups excluding carboxylic acids is 1. The largest absolute Gasteiger partial charge is 0.478 e. The molecule has 0 aliphatic rings. The fourth-order valence-electron chi connectivity index (χ4n) is 3.09. The number of carboxylic acid groups (broad SMARTS) is 1. The van der Waals surface area contributed by atoms with Gasteiger partial charge in [0.15, 0.2) is 0 Å². The lowest BCUT2D eigenvalue weighted by Crippen LogP contribution is -2.08. The fourth-order valence-corrected chi connectivity index (χ4v) is 3.09. The van der Waals surface area contributed by atoms with Crippen LogP contribution in [0.4, 0.5) is 0 Å². The molecule has 0 bridgehead atoms. The van der Waals surface area contributed by atoms with E-state index in [1.54, 1.807) is 28.7 Å². The topological polar surface area (TPSA) is 58.8 Å². The van der Waals surface area contributed by atoms with E-state index in [1.807, 2.05) is 54.6 Å². The molecule has 0 spiro atoms. The first-order chi connectivity index (χ1) is 12.6. The van der Waals surface area contributed by atoms with Crippen LogP contribution in [-0.2, 0) is 0 Å². The number of ketones is 1. The number of fused-ring (bicyclic) bond motifs is 1. The van der Waals surface area contributed by atoms with Crippen molar-refractivity contribution in [2.24, 2.45) is 0 Å². The summed E-state index contributed by atoms with van der Waals surface area (Å²) in [7, 11) is 0. The molecule has 0 saturated heterocycles. The molecule has 0 aliphatic heterocycles. The van der Waals surface area contributed by atoms with Gasteiger partial charge < -0.3 is 9.51 Å². The highest BCUT2D eigenvalue weighted by molar-refractivity contribution is 6.13. The molecule has 0 unspecified atom stereocenters.